The Morgan fingerprint density at radius 1 is 1.14 bits per heavy atom. The van der Waals surface area contributed by atoms with Crippen LogP contribution >= 0.6 is 0 Å². The Morgan fingerprint density at radius 3 is 2.62 bits per heavy atom. The summed E-state index contributed by atoms with van der Waals surface area (Å²) in [6.07, 6.45) is 6.93. The highest BCUT2D eigenvalue weighted by molar-refractivity contribution is 5.79. The molecule has 0 spiro atoms. The summed E-state index contributed by atoms with van der Waals surface area (Å²) in [5, 5.41) is 15.7. The van der Waals surface area contributed by atoms with Gasteiger partial charge in [-0.2, -0.15) is 0 Å². The molecule has 29 heavy (non-hydrogen) atoms. The molecule has 2 aliphatic heterocycles. The predicted octanol–water partition coefficient (Wildman–Crippen LogP) is 0.582. The lowest BCUT2D eigenvalue weighted by atomic mass is 9.94. The Bertz CT molecular complexity index is 651. The van der Waals surface area contributed by atoms with Gasteiger partial charge in [0.1, 0.15) is 6.10 Å². The molecule has 2 fully saturated rings. The zero-order chi connectivity index (χ0) is 20.5. The van der Waals surface area contributed by atoms with Crippen LogP contribution in [0.15, 0.2) is 24.5 Å². The van der Waals surface area contributed by atoms with E-state index in [0.29, 0.717) is 32.6 Å². The lowest BCUT2D eigenvalue weighted by Gasteiger charge is -2.37. The summed E-state index contributed by atoms with van der Waals surface area (Å²) in [6, 6.07) is 3.47. The lowest BCUT2D eigenvalue weighted by Crippen LogP contribution is -2.52. The van der Waals surface area contributed by atoms with Gasteiger partial charge in [-0.3, -0.25) is 14.6 Å². The number of nitrogens with one attached hydrogen (secondary N) is 2. The summed E-state index contributed by atoms with van der Waals surface area (Å²) < 4.78 is 11.3. The molecule has 0 aromatic carbocycles. The van der Waals surface area contributed by atoms with Crippen LogP contribution in [0.2, 0.25) is 0 Å². The number of aliphatic hydroxyl groups is 1. The summed E-state index contributed by atoms with van der Waals surface area (Å²) in [5.41, 5.74) is 0.926. The molecule has 1 aromatic heterocycles. The number of ether oxygens (including phenoxy) is 2. The maximum atomic E-state index is 12.5. The Morgan fingerprint density at radius 2 is 1.90 bits per heavy atom. The van der Waals surface area contributed by atoms with Crippen molar-refractivity contribution in [2.45, 2.75) is 56.8 Å². The second-order valence-corrected chi connectivity index (χ2v) is 7.73. The van der Waals surface area contributed by atoms with E-state index < -0.39 is 6.10 Å². The van der Waals surface area contributed by atoms with Crippen LogP contribution in [-0.2, 0) is 25.5 Å². The van der Waals surface area contributed by atoms with Crippen molar-refractivity contribution in [2.24, 2.45) is 5.92 Å². The number of hydrogen-bond acceptors (Lipinski definition) is 6. The summed E-state index contributed by atoms with van der Waals surface area (Å²) in [5.74, 6) is -0.0223. The molecule has 8 nitrogen and oxygen atoms in total. The van der Waals surface area contributed by atoms with E-state index in [0.717, 1.165) is 31.2 Å². The van der Waals surface area contributed by atoms with Gasteiger partial charge < -0.3 is 25.2 Å². The van der Waals surface area contributed by atoms with Gasteiger partial charge in [-0.1, -0.05) is 0 Å². The summed E-state index contributed by atoms with van der Waals surface area (Å²) in [4.78, 5) is 28.4. The van der Waals surface area contributed by atoms with Gasteiger partial charge in [0.25, 0.3) is 0 Å². The highest BCUT2D eigenvalue weighted by Crippen LogP contribution is 2.23. The Balaban J connectivity index is 1.37. The second kappa shape index (κ2) is 11.2. The van der Waals surface area contributed by atoms with Crippen LogP contribution in [0.25, 0.3) is 0 Å². The van der Waals surface area contributed by atoms with Gasteiger partial charge in [-0.25, -0.2) is 0 Å². The molecule has 160 valence electrons. The van der Waals surface area contributed by atoms with Crippen LogP contribution in [0.1, 0.15) is 37.7 Å². The van der Waals surface area contributed by atoms with Crippen molar-refractivity contribution in [3.63, 3.8) is 0 Å². The maximum absolute atomic E-state index is 12.5. The van der Waals surface area contributed by atoms with Gasteiger partial charge in [0.15, 0.2) is 0 Å². The number of aromatic nitrogens is 1. The van der Waals surface area contributed by atoms with Crippen molar-refractivity contribution in [3.05, 3.63) is 30.1 Å². The molecule has 0 saturated carbocycles. The molecule has 3 heterocycles. The smallest absolute Gasteiger partial charge is 0.224 e. The van der Waals surface area contributed by atoms with Gasteiger partial charge in [0.05, 0.1) is 25.2 Å². The van der Waals surface area contributed by atoms with E-state index in [-0.39, 0.29) is 36.5 Å². The highest BCUT2D eigenvalue weighted by atomic mass is 16.5. The van der Waals surface area contributed by atoms with E-state index in [1.807, 2.05) is 12.1 Å². The van der Waals surface area contributed by atoms with Crippen LogP contribution in [0.4, 0.5) is 0 Å². The monoisotopic (exact) mass is 405 g/mol. The van der Waals surface area contributed by atoms with Crippen molar-refractivity contribution in [2.75, 3.05) is 26.4 Å². The zero-order valence-electron chi connectivity index (χ0n) is 16.7. The number of nitrogens with zero attached hydrogens (tertiary/aromatic N) is 1. The quantitative estimate of drug-likeness (QED) is 0.584. The minimum absolute atomic E-state index is 0.0172. The molecular weight excluding hydrogens is 374 g/mol. The summed E-state index contributed by atoms with van der Waals surface area (Å²) >= 11 is 0. The number of carbonyl (C=O) groups is 2. The molecular formula is C21H31N3O5. The number of rotatable bonds is 8. The average molecular weight is 405 g/mol. The Hall–Kier alpha value is -2.03. The van der Waals surface area contributed by atoms with Crippen LogP contribution in [0.5, 0.6) is 0 Å². The molecule has 2 amide bonds. The lowest BCUT2D eigenvalue weighted by molar-refractivity contribution is -0.135. The van der Waals surface area contributed by atoms with Crippen molar-refractivity contribution in [3.8, 4) is 0 Å². The van der Waals surface area contributed by atoms with E-state index in [9.17, 15) is 14.7 Å². The normalized spacial score (nSPS) is 25.3. The van der Waals surface area contributed by atoms with E-state index in [2.05, 4.69) is 15.6 Å². The van der Waals surface area contributed by atoms with Gasteiger partial charge in [-0.05, 0) is 49.8 Å². The predicted molar refractivity (Wildman–Crippen MR) is 106 cm³/mol. The maximum Gasteiger partial charge on any atom is 0.224 e. The SMILES string of the molecule is O=C(Cc1ccncc1)NCC[C@@H]1CC[C@@H](NC(=O)C2CCOCC2)[C@H](CO)O1. The van der Waals surface area contributed by atoms with Crippen molar-refractivity contribution in [1.29, 1.82) is 0 Å². The fourth-order valence-corrected chi connectivity index (χ4v) is 3.89. The van der Waals surface area contributed by atoms with Gasteiger partial charge in [0.2, 0.25) is 11.8 Å². The van der Waals surface area contributed by atoms with Crippen LogP contribution in [-0.4, -0.2) is 66.5 Å². The Kier molecular flexibility index (Phi) is 8.39. The molecule has 0 bridgehead atoms. The number of pyridine rings is 1. The molecule has 0 aliphatic carbocycles. The highest BCUT2D eigenvalue weighted by Gasteiger charge is 2.33. The third kappa shape index (κ3) is 6.76. The third-order valence-electron chi connectivity index (χ3n) is 5.62. The third-order valence-corrected chi connectivity index (χ3v) is 5.62. The van der Waals surface area contributed by atoms with Gasteiger partial charge in [-0.15, -0.1) is 0 Å². The molecule has 3 rings (SSSR count). The van der Waals surface area contributed by atoms with Gasteiger partial charge in [0, 0.05) is 38.1 Å². The van der Waals surface area contributed by atoms with E-state index in [1.54, 1.807) is 12.4 Å². The van der Waals surface area contributed by atoms with E-state index >= 15 is 0 Å². The largest absolute Gasteiger partial charge is 0.394 e. The summed E-state index contributed by atoms with van der Waals surface area (Å²) in [7, 11) is 0. The van der Waals surface area contributed by atoms with Crippen LogP contribution in [0.3, 0.4) is 0 Å². The van der Waals surface area contributed by atoms with E-state index in [4.69, 9.17) is 9.47 Å². The molecule has 0 unspecified atom stereocenters. The molecule has 3 atom stereocenters. The summed E-state index contributed by atoms with van der Waals surface area (Å²) in [6.45, 7) is 1.63. The topological polar surface area (TPSA) is 110 Å². The first-order chi connectivity index (χ1) is 14.2. The first-order valence-electron chi connectivity index (χ1n) is 10.5. The molecule has 3 N–H and O–H groups in total. The number of aliphatic hydroxyl groups excluding tert-OH is 1. The fraction of sp³-hybridized carbons (Fsp3) is 0.667. The average Bonchev–Trinajstić information content (AvgIpc) is 2.76. The first kappa shape index (κ1) is 21.7. The van der Waals surface area contributed by atoms with Crippen LogP contribution < -0.4 is 10.6 Å². The van der Waals surface area contributed by atoms with Crippen molar-refractivity contribution >= 4 is 11.8 Å². The molecule has 8 heteroatoms. The fourth-order valence-electron chi connectivity index (χ4n) is 3.89. The van der Waals surface area contributed by atoms with Crippen molar-refractivity contribution in [1.82, 2.24) is 15.6 Å². The molecule has 2 saturated heterocycles. The standard InChI is InChI=1S/C21H31N3O5/c25-14-19-18(24-21(27)16-6-11-28-12-7-16)2-1-17(29-19)5-10-23-20(26)13-15-3-8-22-9-4-15/h3-4,8-9,16-19,25H,1-2,5-7,10-14H2,(H,23,26)(H,24,27)/t17-,18+,19-/m0/s1. The zero-order valence-corrected chi connectivity index (χ0v) is 16.7. The minimum Gasteiger partial charge on any atom is -0.394 e. The second-order valence-electron chi connectivity index (χ2n) is 7.73. The first-order valence-corrected chi connectivity index (χ1v) is 10.5. The number of hydrogen-bond donors (Lipinski definition) is 3. The van der Waals surface area contributed by atoms with Gasteiger partial charge >= 0.3 is 0 Å². The molecule has 1 aromatic rings. The van der Waals surface area contributed by atoms with Crippen LogP contribution in [0, 0.1) is 5.92 Å². The minimum atomic E-state index is -0.412. The van der Waals surface area contributed by atoms with Crippen molar-refractivity contribution < 1.29 is 24.2 Å². The molecule has 2 aliphatic rings. The Labute approximate surface area is 171 Å². The van der Waals surface area contributed by atoms with E-state index in [1.165, 1.54) is 0 Å². The number of carbonyl (C=O) groups excluding carboxylic acids is 2. The number of amides is 2. The molecule has 0 radical (unpaired) electrons.